The van der Waals surface area contributed by atoms with E-state index in [1.165, 1.54) is 4.88 Å². The van der Waals surface area contributed by atoms with Crippen LogP contribution in [0, 0.1) is 0 Å². The highest BCUT2D eigenvalue weighted by molar-refractivity contribution is 7.14. The highest BCUT2D eigenvalue weighted by Gasteiger charge is 2.27. The Hall–Kier alpha value is -2.41. The Bertz CT molecular complexity index is 812. The van der Waals surface area contributed by atoms with Crippen LogP contribution in [-0.4, -0.2) is 59.3 Å². The Morgan fingerprint density at radius 3 is 2.58 bits per heavy atom. The van der Waals surface area contributed by atoms with Gasteiger partial charge in [-0.3, -0.25) is 9.59 Å². The molecule has 1 fully saturated rings. The summed E-state index contributed by atoms with van der Waals surface area (Å²) in [6.45, 7) is 5.98. The fraction of sp³-hybridized carbons (Fsp3) is 0.421. The van der Waals surface area contributed by atoms with E-state index < -0.39 is 0 Å². The number of carbonyl (C=O) groups excluding carboxylic acids is 2. The number of piperazine rings is 1. The average Bonchev–Trinajstić information content (AvgIpc) is 3.11. The van der Waals surface area contributed by atoms with Gasteiger partial charge in [0, 0.05) is 57.3 Å². The minimum absolute atomic E-state index is 0.0976. The summed E-state index contributed by atoms with van der Waals surface area (Å²) in [6.07, 6.45) is 2.65. The van der Waals surface area contributed by atoms with Crippen molar-refractivity contribution in [2.24, 2.45) is 0 Å². The average molecular weight is 370 g/mol. The lowest BCUT2D eigenvalue weighted by Crippen LogP contribution is -2.48. The molecule has 6 nitrogen and oxygen atoms in total. The molecule has 0 spiro atoms. The molecular formula is C19H22N4O2S. The lowest BCUT2D eigenvalue weighted by atomic mass is 10.1. The molecule has 0 radical (unpaired) electrons. The van der Waals surface area contributed by atoms with Crippen LogP contribution in [0.5, 0.6) is 0 Å². The van der Waals surface area contributed by atoms with Crippen LogP contribution in [-0.2, 0) is 17.8 Å². The van der Waals surface area contributed by atoms with Gasteiger partial charge >= 0.3 is 0 Å². The number of thiophene rings is 1. The summed E-state index contributed by atoms with van der Waals surface area (Å²) in [5.41, 5.74) is 1.13. The van der Waals surface area contributed by atoms with Gasteiger partial charge in [-0.1, -0.05) is 6.07 Å². The minimum atomic E-state index is 0.0976. The van der Waals surface area contributed by atoms with E-state index >= 15 is 0 Å². The van der Waals surface area contributed by atoms with Crippen LogP contribution in [0.4, 0.5) is 5.82 Å². The van der Waals surface area contributed by atoms with Crippen LogP contribution in [0.3, 0.4) is 0 Å². The summed E-state index contributed by atoms with van der Waals surface area (Å²) in [6, 6.07) is 7.89. The van der Waals surface area contributed by atoms with Crippen molar-refractivity contribution < 1.29 is 9.59 Å². The molecule has 7 heteroatoms. The van der Waals surface area contributed by atoms with Crippen LogP contribution < -0.4 is 4.90 Å². The van der Waals surface area contributed by atoms with Gasteiger partial charge in [-0.2, -0.15) is 0 Å². The molecule has 0 N–H and O–H groups in total. The van der Waals surface area contributed by atoms with Crippen molar-refractivity contribution in [2.45, 2.75) is 19.9 Å². The van der Waals surface area contributed by atoms with Crippen molar-refractivity contribution in [1.29, 1.82) is 0 Å². The summed E-state index contributed by atoms with van der Waals surface area (Å²) >= 11 is 1.59. The number of anilines is 1. The third-order valence-corrected chi connectivity index (χ3v) is 6.29. The van der Waals surface area contributed by atoms with Gasteiger partial charge in [-0.25, -0.2) is 4.98 Å². The first-order valence-electron chi connectivity index (χ1n) is 8.94. The van der Waals surface area contributed by atoms with Crippen molar-refractivity contribution in [3.63, 3.8) is 0 Å². The zero-order chi connectivity index (χ0) is 18.1. The second-order valence-electron chi connectivity index (χ2n) is 6.72. The van der Waals surface area contributed by atoms with Crippen molar-refractivity contribution in [2.75, 3.05) is 37.6 Å². The van der Waals surface area contributed by atoms with Crippen LogP contribution in [0.1, 0.15) is 27.0 Å². The number of carbonyl (C=O) groups is 2. The number of fused-ring (bicyclic) bond motifs is 1. The Labute approximate surface area is 157 Å². The van der Waals surface area contributed by atoms with Crippen molar-refractivity contribution in [3.8, 4) is 0 Å². The predicted molar refractivity (Wildman–Crippen MR) is 101 cm³/mol. The Morgan fingerprint density at radius 2 is 1.88 bits per heavy atom. The first-order chi connectivity index (χ1) is 12.6. The summed E-state index contributed by atoms with van der Waals surface area (Å²) in [4.78, 5) is 36.9. The number of aromatic nitrogens is 1. The van der Waals surface area contributed by atoms with E-state index in [4.69, 9.17) is 0 Å². The molecule has 4 heterocycles. The van der Waals surface area contributed by atoms with Gasteiger partial charge in [-0.15, -0.1) is 11.3 Å². The van der Waals surface area contributed by atoms with Crippen molar-refractivity contribution in [3.05, 3.63) is 45.8 Å². The van der Waals surface area contributed by atoms with Gasteiger partial charge < -0.3 is 14.7 Å². The van der Waals surface area contributed by atoms with Crippen LogP contribution >= 0.6 is 11.3 Å². The molecule has 26 heavy (non-hydrogen) atoms. The second-order valence-corrected chi connectivity index (χ2v) is 7.85. The standard InChI is InChI=1S/C19H22N4O2S/c1-14(24)23-7-5-16-15(13-23)12-17(26-16)19(25)22-10-8-21(9-11-22)18-4-2-3-6-20-18/h2-4,6,12H,5,7-11,13H2,1H3. The SMILES string of the molecule is CC(=O)N1CCc2sc(C(=O)N3CCN(c4ccccn4)CC3)cc2C1. The molecule has 0 aliphatic carbocycles. The summed E-state index contributed by atoms with van der Waals surface area (Å²) in [5.74, 6) is 1.18. The van der Waals surface area contributed by atoms with Gasteiger partial charge in [0.05, 0.1) is 4.88 Å². The molecule has 0 aromatic carbocycles. The fourth-order valence-electron chi connectivity index (χ4n) is 3.54. The number of pyridine rings is 1. The third-order valence-electron chi connectivity index (χ3n) is 5.06. The normalized spacial score (nSPS) is 17.2. The quantitative estimate of drug-likeness (QED) is 0.812. The zero-order valence-electron chi connectivity index (χ0n) is 14.9. The topological polar surface area (TPSA) is 56.8 Å². The summed E-state index contributed by atoms with van der Waals surface area (Å²) in [5, 5.41) is 0. The molecule has 1 saturated heterocycles. The number of rotatable bonds is 2. The van der Waals surface area contributed by atoms with E-state index in [0.29, 0.717) is 19.6 Å². The van der Waals surface area contributed by atoms with E-state index in [0.717, 1.165) is 42.3 Å². The third kappa shape index (κ3) is 3.31. The monoisotopic (exact) mass is 370 g/mol. The number of nitrogens with zero attached hydrogens (tertiary/aromatic N) is 4. The van der Waals surface area contributed by atoms with Gasteiger partial charge in [0.25, 0.3) is 5.91 Å². The van der Waals surface area contributed by atoms with Crippen molar-refractivity contribution in [1.82, 2.24) is 14.8 Å². The molecule has 0 bridgehead atoms. The lowest BCUT2D eigenvalue weighted by Gasteiger charge is -2.35. The highest BCUT2D eigenvalue weighted by Crippen LogP contribution is 2.29. The van der Waals surface area contributed by atoms with Gasteiger partial charge in [-0.05, 0) is 30.2 Å². The molecule has 2 aliphatic heterocycles. The smallest absolute Gasteiger partial charge is 0.264 e. The van der Waals surface area contributed by atoms with E-state index in [1.54, 1.807) is 24.5 Å². The molecule has 2 aliphatic rings. The maximum atomic E-state index is 12.9. The number of hydrogen-bond donors (Lipinski definition) is 0. The van der Waals surface area contributed by atoms with Gasteiger partial charge in [0.2, 0.25) is 5.91 Å². The molecule has 0 unspecified atom stereocenters. The molecule has 4 rings (SSSR count). The largest absolute Gasteiger partial charge is 0.353 e. The maximum Gasteiger partial charge on any atom is 0.264 e. The number of amides is 2. The highest BCUT2D eigenvalue weighted by atomic mass is 32.1. The first-order valence-corrected chi connectivity index (χ1v) is 9.76. The summed E-state index contributed by atoms with van der Waals surface area (Å²) in [7, 11) is 0. The van der Waals surface area contributed by atoms with E-state index in [-0.39, 0.29) is 11.8 Å². The van der Waals surface area contributed by atoms with Gasteiger partial charge in [0.1, 0.15) is 5.82 Å². The number of hydrogen-bond acceptors (Lipinski definition) is 5. The molecule has 136 valence electrons. The van der Waals surface area contributed by atoms with E-state index in [9.17, 15) is 9.59 Å². The van der Waals surface area contributed by atoms with Crippen molar-refractivity contribution >= 4 is 29.0 Å². The molecule has 0 saturated carbocycles. The minimum Gasteiger partial charge on any atom is -0.353 e. The Balaban J connectivity index is 1.41. The first kappa shape index (κ1) is 17.0. The summed E-state index contributed by atoms with van der Waals surface area (Å²) < 4.78 is 0. The van der Waals surface area contributed by atoms with Crippen LogP contribution in [0.15, 0.2) is 30.5 Å². The van der Waals surface area contributed by atoms with E-state index in [2.05, 4.69) is 9.88 Å². The van der Waals surface area contributed by atoms with Crippen LogP contribution in [0.25, 0.3) is 0 Å². The fourth-order valence-corrected chi connectivity index (χ4v) is 4.67. The zero-order valence-corrected chi connectivity index (χ0v) is 15.7. The molecule has 2 amide bonds. The second kappa shape index (κ2) is 7.07. The van der Waals surface area contributed by atoms with Crippen LogP contribution in [0.2, 0.25) is 0 Å². The molecular weight excluding hydrogens is 348 g/mol. The molecule has 2 aromatic heterocycles. The van der Waals surface area contributed by atoms with Gasteiger partial charge in [0.15, 0.2) is 0 Å². The van der Waals surface area contributed by atoms with E-state index in [1.807, 2.05) is 34.1 Å². The maximum absolute atomic E-state index is 12.9. The molecule has 2 aromatic rings. The lowest BCUT2D eigenvalue weighted by molar-refractivity contribution is -0.129. The predicted octanol–water partition coefficient (Wildman–Crippen LogP) is 2.01. The molecule has 0 atom stereocenters. The Morgan fingerprint density at radius 1 is 1.08 bits per heavy atom. The Kier molecular flexibility index (Phi) is 4.63.